The molecule has 0 saturated carbocycles. The van der Waals surface area contributed by atoms with Crippen LogP contribution in [0.2, 0.25) is 0 Å². The van der Waals surface area contributed by atoms with Crippen molar-refractivity contribution in [2.75, 3.05) is 53.6 Å². The van der Waals surface area contributed by atoms with Crippen molar-refractivity contribution in [3.05, 3.63) is 36.0 Å². The van der Waals surface area contributed by atoms with Crippen molar-refractivity contribution >= 4 is 12.1 Å². The van der Waals surface area contributed by atoms with Crippen molar-refractivity contribution in [1.82, 2.24) is 9.80 Å². The highest BCUT2D eigenvalue weighted by atomic mass is 16.6. The number of ether oxygens (including phenoxy) is 5. The van der Waals surface area contributed by atoms with Crippen LogP contribution in [0.4, 0.5) is 4.79 Å². The topological polar surface area (TPSA) is 151 Å². The number of morpholine rings is 1. The molecule has 3 aliphatic heterocycles. The van der Waals surface area contributed by atoms with E-state index < -0.39 is 47.7 Å². The van der Waals surface area contributed by atoms with E-state index in [0.29, 0.717) is 45.6 Å². The lowest BCUT2D eigenvalue weighted by atomic mass is 9.88. The van der Waals surface area contributed by atoms with E-state index in [9.17, 15) is 24.9 Å². The summed E-state index contributed by atoms with van der Waals surface area (Å²) >= 11 is 0. The molecule has 0 aromatic rings. The first-order chi connectivity index (χ1) is 23.1. The number of epoxide rings is 1. The Balaban J connectivity index is 1.74. The maximum atomic E-state index is 13.3. The summed E-state index contributed by atoms with van der Waals surface area (Å²) < 4.78 is 29.0. The third-order valence-corrected chi connectivity index (χ3v) is 10.2. The zero-order valence-corrected chi connectivity index (χ0v) is 30.9. The predicted molar refractivity (Wildman–Crippen MR) is 186 cm³/mol. The van der Waals surface area contributed by atoms with Gasteiger partial charge in [0.15, 0.2) is 6.10 Å². The number of hydrogen-bond donors (Lipinski definition) is 3. The molecule has 3 aliphatic rings. The van der Waals surface area contributed by atoms with Crippen LogP contribution >= 0.6 is 0 Å². The average molecular weight is 695 g/mol. The molecule has 2 fully saturated rings. The van der Waals surface area contributed by atoms with Gasteiger partial charge in [-0.05, 0) is 51.7 Å². The third-order valence-electron chi connectivity index (χ3n) is 10.2. The Labute approximate surface area is 293 Å². The van der Waals surface area contributed by atoms with Crippen LogP contribution in [0.3, 0.4) is 0 Å². The number of aliphatic hydroxyl groups excluding tert-OH is 2. The van der Waals surface area contributed by atoms with Crippen LogP contribution in [0.25, 0.3) is 0 Å². The molecule has 49 heavy (non-hydrogen) atoms. The molecule has 280 valence electrons. The van der Waals surface area contributed by atoms with Gasteiger partial charge in [0, 0.05) is 58.6 Å². The Morgan fingerprint density at radius 2 is 1.98 bits per heavy atom. The molecule has 10 atom stereocenters. The first-order valence-corrected chi connectivity index (χ1v) is 17.8. The Hall–Kier alpha value is -2.32. The fourth-order valence-corrected chi connectivity index (χ4v) is 6.41. The number of amides is 1. The monoisotopic (exact) mass is 694 g/mol. The van der Waals surface area contributed by atoms with Crippen LogP contribution in [0, 0.1) is 11.8 Å². The molecule has 0 radical (unpaired) electrons. The Morgan fingerprint density at radius 3 is 2.63 bits per heavy atom. The van der Waals surface area contributed by atoms with Gasteiger partial charge < -0.3 is 43.9 Å². The number of aliphatic hydroxyl groups is 3. The highest BCUT2D eigenvalue weighted by Gasteiger charge is 2.47. The zero-order valence-electron chi connectivity index (χ0n) is 30.9. The fourth-order valence-electron chi connectivity index (χ4n) is 6.41. The van der Waals surface area contributed by atoms with E-state index in [1.165, 1.54) is 0 Å². The number of likely N-dealkylation sites (N-methyl/N-ethyl adjacent to an activating group) is 1. The number of methoxy groups -OCH3 is 1. The number of allylic oxidation sites excluding steroid dienone is 2. The van der Waals surface area contributed by atoms with E-state index in [2.05, 4.69) is 4.90 Å². The maximum absolute atomic E-state index is 13.3. The molecular formula is C37H62N2O10. The molecule has 0 aliphatic carbocycles. The van der Waals surface area contributed by atoms with E-state index in [-0.39, 0.29) is 36.9 Å². The van der Waals surface area contributed by atoms with E-state index >= 15 is 0 Å². The van der Waals surface area contributed by atoms with Gasteiger partial charge in [-0.25, -0.2) is 4.79 Å². The van der Waals surface area contributed by atoms with Crippen molar-refractivity contribution < 1.29 is 48.6 Å². The molecule has 0 aromatic heterocycles. The maximum Gasteiger partial charge on any atom is 0.410 e. The molecule has 12 nitrogen and oxygen atoms in total. The molecule has 0 aromatic carbocycles. The number of carbonyl (C=O) groups excluding carboxylic acids is 2. The molecule has 1 amide bonds. The minimum Gasteiger partial charge on any atom is -0.457 e. The summed E-state index contributed by atoms with van der Waals surface area (Å²) in [5.74, 6) is -0.864. The van der Waals surface area contributed by atoms with Crippen molar-refractivity contribution in [3.8, 4) is 0 Å². The minimum atomic E-state index is -1.15. The number of carbonyl (C=O) groups is 2. The SMILES string of the molecule is CCC(O)C(C)C1OC1CC(C)(O)/C=C/C=C(\C)C1OC(=O)CC(O)CCC(C)(OC)C(OC(=O)N(C)CCN2CCOCC2)/C=C\C1C. The second-order valence-corrected chi connectivity index (χ2v) is 14.6. The van der Waals surface area contributed by atoms with Crippen LogP contribution in [-0.2, 0) is 28.5 Å². The molecule has 3 N–H and O–H groups in total. The predicted octanol–water partition coefficient (Wildman–Crippen LogP) is 3.63. The van der Waals surface area contributed by atoms with E-state index in [1.54, 1.807) is 50.3 Å². The second-order valence-electron chi connectivity index (χ2n) is 14.6. The van der Waals surface area contributed by atoms with Crippen LogP contribution in [0.5, 0.6) is 0 Å². The Kier molecular flexibility index (Phi) is 15.8. The summed E-state index contributed by atoms with van der Waals surface area (Å²) in [6.45, 7) is 15.4. The molecule has 3 heterocycles. The molecular weight excluding hydrogens is 632 g/mol. The summed E-state index contributed by atoms with van der Waals surface area (Å²) in [5, 5.41) is 32.0. The molecule has 3 rings (SSSR count). The van der Waals surface area contributed by atoms with Crippen LogP contribution in [-0.4, -0.2) is 139 Å². The minimum absolute atomic E-state index is 0.00750. The van der Waals surface area contributed by atoms with Gasteiger partial charge in [0.1, 0.15) is 11.7 Å². The smallest absolute Gasteiger partial charge is 0.410 e. The lowest BCUT2D eigenvalue weighted by molar-refractivity contribution is -0.151. The summed E-state index contributed by atoms with van der Waals surface area (Å²) in [6, 6.07) is 0. The van der Waals surface area contributed by atoms with Crippen molar-refractivity contribution in [2.24, 2.45) is 11.8 Å². The summed E-state index contributed by atoms with van der Waals surface area (Å²) in [6.07, 6.45) is 6.74. The highest BCUT2D eigenvalue weighted by molar-refractivity contribution is 5.70. The van der Waals surface area contributed by atoms with Gasteiger partial charge in [-0.2, -0.15) is 0 Å². The van der Waals surface area contributed by atoms with Gasteiger partial charge in [0.25, 0.3) is 0 Å². The average Bonchev–Trinajstić information content (AvgIpc) is 3.83. The third kappa shape index (κ3) is 12.7. The molecule has 0 spiro atoms. The summed E-state index contributed by atoms with van der Waals surface area (Å²) in [5.41, 5.74) is -1.38. The van der Waals surface area contributed by atoms with Gasteiger partial charge in [-0.3, -0.25) is 9.69 Å². The number of hydrogen-bond acceptors (Lipinski definition) is 11. The Bertz CT molecular complexity index is 1150. The first kappa shape index (κ1) is 41.1. The quantitative estimate of drug-likeness (QED) is 0.112. The highest BCUT2D eigenvalue weighted by Crippen LogP contribution is 2.37. The normalized spacial score (nSPS) is 33.8. The van der Waals surface area contributed by atoms with Crippen molar-refractivity contribution in [2.45, 2.75) is 121 Å². The van der Waals surface area contributed by atoms with Crippen LogP contribution in [0.1, 0.15) is 73.6 Å². The molecule has 12 heteroatoms. The van der Waals surface area contributed by atoms with Gasteiger partial charge in [0.2, 0.25) is 0 Å². The first-order valence-electron chi connectivity index (χ1n) is 17.8. The van der Waals surface area contributed by atoms with Crippen molar-refractivity contribution in [3.63, 3.8) is 0 Å². The van der Waals surface area contributed by atoms with Gasteiger partial charge in [-0.1, -0.05) is 45.1 Å². The zero-order chi connectivity index (χ0) is 36.4. The second kappa shape index (κ2) is 18.8. The summed E-state index contributed by atoms with van der Waals surface area (Å²) in [7, 11) is 3.26. The number of rotatable bonds is 13. The Morgan fingerprint density at radius 1 is 1.29 bits per heavy atom. The van der Waals surface area contributed by atoms with Crippen LogP contribution in [0.15, 0.2) is 36.0 Å². The number of cyclic esters (lactones) is 1. The summed E-state index contributed by atoms with van der Waals surface area (Å²) in [4.78, 5) is 30.0. The van der Waals surface area contributed by atoms with Gasteiger partial charge in [0.05, 0.1) is 49.7 Å². The fraction of sp³-hybridized carbons (Fsp3) is 0.784. The van der Waals surface area contributed by atoms with Crippen molar-refractivity contribution in [1.29, 1.82) is 0 Å². The molecule has 2 saturated heterocycles. The van der Waals surface area contributed by atoms with E-state index in [0.717, 1.165) is 18.7 Å². The molecule has 10 unspecified atom stereocenters. The number of esters is 1. The van der Waals surface area contributed by atoms with E-state index in [4.69, 9.17) is 23.7 Å². The largest absolute Gasteiger partial charge is 0.457 e. The standard InChI is InChI=1S/C37H62N2O10/c1-9-29(41)27(4)34-30(47-34)24-36(5,44)15-10-11-25(2)33-26(3)12-13-31(37(6,45-8)16-14-28(40)23-32(42)49-33)48-35(43)38(7)17-18-39-19-21-46-22-20-39/h10-13,15,26-31,33-34,40-41,44H,9,14,16-24H2,1-8H3/b13-12-,15-10+,25-11+. The lowest BCUT2D eigenvalue weighted by Gasteiger charge is -2.36. The van der Waals surface area contributed by atoms with Gasteiger partial charge in [-0.15, -0.1) is 0 Å². The number of nitrogens with zero attached hydrogens (tertiary/aromatic N) is 2. The van der Waals surface area contributed by atoms with E-state index in [1.807, 2.05) is 40.7 Å². The van der Waals surface area contributed by atoms with Gasteiger partial charge >= 0.3 is 12.1 Å². The lowest BCUT2D eigenvalue weighted by Crippen LogP contribution is -2.47. The van der Waals surface area contributed by atoms with Crippen LogP contribution < -0.4 is 0 Å². The molecule has 0 bridgehead atoms.